The van der Waals surface area contributed by atoms with Crippen LogP contribution in [0.15, 0.2) is 231 Å². The van der Waals surface area contributed by atoms with Crippen LogP contribution in [-0.4, -0.2) is 0 Å². The van der Waals surface area contributed by atoms with Gasteiger partial charge in [0.05, 0.1) is 11.4 Å². The number of thiophene rings is 2. The minimum absolute atomic E-state index is 1.12. The van der Waals surface area contributed by atoms with Crippen molar-refractivity contribution in [3.05, 3.63) is 242 Å². The quantitative estimate of drug-likeness (QED) is 0.143. The number of hydrogen-bond acceptors (Lipinski definition) is 4. The lowest BCUT2D eigenvalue weighted by Gasteiger charge is -2.30. The molecule has 0 N–H and O–H groups in total. The second-order valence-corrected chi connectivity index (χ2v) is 19.0. The molecule has 0 saturated carbocycles. The molecule has 2 heterocycles. The Hall–Kier alpha value is -7.76. The van der Waals surface area contributed by atoms with Gasteiger partial charge in [-0.1, -0.05) is 158 Å². The Morgan fingerprint density at radius 2 is 0.652 bits per heavy atom. The van der Waals surface area contributed by atoms with E-state index < -0.39 is 0 Å². The van der Waals surface area contributed by atoms with Crippen LogP contribution in [0.25, 0.3) is 73.7 Å². The summed E-state index contributed by atoms with van der Waals surface area (Å²) in [5.41, 5.74) is 16.5. The largest absolute Gasteiger partial charge is 0.310 e. The van der Waals surface area contributed by atoms with Crippen LogP contribution in [0.4, 0.5) is 34.1 Å². The van der Waals surface area contributed by atoms with Crippen molar-refractivity contribution in [1.82, 2.24) is 0 Å². The summed E-state index contributed by atoms with van der Waals surface area (Å²) >= 11 is 3.76. The summed E-state index contributed by atoms with van der Waals surface area (Å²) < 4.78 is 5.25. The van der Waals surface area contributed by atoms with Gasteiger partial charge < -0.3 is 9.80 Å². The molecule has 0 atom stereocenters. The van der Waals surface area contributed by atoms with Crippen molar-refractivity contribution in [3.63, 3.8) is 0 Å². The molecule has 10 aromatic carbocycles. The standard InChI is InChI=1S/C62H44N2S2/c1-41-39-43(35-37-55(41)63(45-19-5-3-6-20-45)57-31-13-9-23-47(57)51-27-17-29-53-49-25-11-15-33-59(49)65-61(51)53)44-36-38-56(42(2)40-44)64(46-21-7-4-8-22-46)58-32-14-10-24-48(58)52-28-18-30-54-50-26-12-16-34-60(50)66-62(52)54/h3-40H,1-2H3. The van der Waals surface area contributed by atoms with Gasteiger partial charge in [0.25, 0.3) is 0 Å². The Bertz CT molecular complexity index is 3500. The maximum absolute atomic E-state index is 2.43. The summed E-state index contributed by atoms with van der Waals surface area (Å²) in [5, 5.41) is 5.23. The predicted octanol–water partition coefficient (Wildman–Crippen LogP) is 19.0. The number of nitrogens with zero attached hydrogens (tertiary/aromatic N) is 2. The number of rotatable bonds is 9. The third-order valence-electron chi connectivity index (χ3n) is 12.9. The molecule has 66 heavy (non-hydrogen) atoms. The zero-order chi connectivity index (χ0) is 44.1. The average molecular weight is 881 g/mol. The van der Waals surface area contributed by atoms with Crippen LogP contribution in [0, 0.1) is 13.8 Å². The van der Waals surface area contributed by atoms with Gasteiger partial charge in [0.15, 0.2) is 0 Å². The van der Waals surface area contributed by atoms with E-state index >= 15 is 0 Å². The van der Waals surface area contributed by atoms with Crippen molar-refractivity contribution in [2.45, 2.75) is 13.8 Å². The summed E-state index contributed by atoms with van der Waals surface area (Å²) in [6.07, 6.45) is 0. The Balaban J connectivity index is 0.945. The van der Waals surface area contributed by atoms with Gasteiger partial charge in [0, 0.05) is 85.3 Å². The minimum atomic E-state index is 1.12. The van der Waals surface area contributed by atoms with E-state index in [9.17, 15) is 0 Å². The molecule has 314 valence electrons. The molecule has 12 rings (SSSR count). The van der Waals surface area contributed by atoms with Gasteiger partial charge >= 0.3 is 0 Å². The van der Waals surface area contributed by atoms with Crippen LogP contribution >= 0.6 is 22.7 Å². The monoisotopic (exact) mass is 880 g/mol. The highest BCUT2D eigenvalue weighted by molar-refractivity contribution is 7.26. The first kappa shape index (κ1) is 39.8. The molecule has 0 fully saturated rings. The number of fused-ring (bicyclic) bond motifs is 6. The average Bonchev–Trinajstić information content (AvgIpc) is 3.95. The molecule has 0 bridgehead atoms. The molecule has 2 nitrogen and oxygen atoms in total. The smallest absolute Gasteiger partial charge is 0.0540 e. The first-order valence-corrected chi connectivity index (χ1v) is 24.1. The highest BCUT2D eigenvalue weighted by Crippen LogP contribution is 2.49. The molecule has 0 unspecified atom stereocenters. The molecule has 2 aromatic heterocycles. The molecule has 0 spiro atoms. The van der Waals surface area contributed by atoms with Gasteiger partial charge in [-0.05, 0) is 109 Å². The molecule has 0 aliphatic rings. The third-order valence-corrected chi connectivity index (χ3v) is 15.4. The highest BCUT2D eigenvalue weighted by Gasteiger charge is 2.23. The number of aryl methyl sites for hydroxylation is 2. The fraction of sp³-hybridized carbons (Fsp3) is 0.0323. The molecule has 0 radical (unpaired) electrons. The van der Waals surface area contributed by atoms with Crippen LogP contribution in [-0.2, 0) is 0 Å². The Morgan fingerprint density at radius 1 is 0.288 bits per heavy atom. The topological polar surface area (TPSA) is 6.48 Å². The summed E-state index contributed by atoms with van der Waals surface area (Å²) in [7, 11) is 0. The molecule has 12 aromatic rings. The van der Waals surface area contributed by atoms with E-state index in [4.69, 9.17) is 0 Å². The van der Waals surface area contributed by atoms with Crippen molar-refractivity contribution >= 4 is 97.1 Å². The molecule has 4 heteroatoms. The summed E-state index contributed by atoms with van der Waals surface area (Å²) in [4.78, 5) is 4.87. The highest BCUT2D eigenvalue weighted by atomic mass is 32.1. The van der Waals surface area contributed by atoms with E-state index in [2.05, 4.69) is 254 Å². The Kier molecular flexibility index (Phi) is 10.0. The fourth-order valence-electron chi connectivity index (χ4n) is 9.85. The second kappa shape index (κ2) is 16.7. The van der Waals surface area contributed by atoms with E-state index in [0.29, 0.717) is 0 Å². The lowest BCUT2D eigenvalue weighted by atomic mass is 9.96. The summed E-state index contributed by atoms with van der Waals surface area (Å²) in [6.45, 7) is 4.49. The Labute approximate surface area is 393 Å². The number of anilines is 6. The third kappa shape index (κ3) is 6.85. The van der Waals surface area contributed by atoms with E-state index in [1.807, 2.05) is 22.7 Å². The van der Waals surface area contributed by atoms with Crippen molar-refractivity contribution < 1.29 is 0 Å². The van der Waals surface area contributed by atoms with Gasteiger partial charge in [-0.15, -0.1) is 22.7 Å². The van der Waals surface area contributed by atoms with Crippen molar-refractivity contribution in [2.24, 2.45) is 0 Å². The number of hydrogen-bond donors (Lipinski definition) is 0. The zero-order valence-electron chi connectivity index (χ0n) is 36.7. The molecular weight excluding hydrogens is 837 g/mol. The van der Waals surface area contributed by atoms with Crippen molar-refractivity contribution in [3.8, 4) is 33.4 Å². The number of benzene rings is 10. The van der Waals surface area contributed by atoms with E-state index in [1.165, 1.54) is 84.9 Å². The van der Waals surface area contributed by atoms with Gasteiger partial charge in [0.2, 0.25) is 0 Å². The zero-order valence-corrected chi connectivity index (χ0v) is 38.3. The summed E-state index contributed by atoms with van der Waals surface area (Å²) in [5.74, 6) is 0. The second-order valence-electron chi connectivity index (χ2n) is 16.9. The Morgan fingerprint density at radius 3 is 1.09 bits per heavy atom. The van der Waals surface area contributed by atoms with E-state index in [-0.39, 0.29) is 0 Å². The predicted molar refractivity (Wildman–Crippen MR) is 287 cm³/mol. The maximum atomic E-state index is 2.43. The van der Waals surface area contributed by atoms with Gasteiger partial charge in [-0.3, -0.25) is 0 Å². The van der Waals surface area contributed by atoms with E-state index in [1.54, 1.807) is 0 Å². The van der Waals surface area contributed by atoms with Gasteiger partial charge in [0.1, 0.15) is 0 Å². The van der Waals surface area contributed by atoms with E-state index in [0.717, 1.165) is 34.1 Å². The SMILES string of the molecule is Cc1cc(-c2ccc(N(c3ccccc3)c3ccccc3-c3cccc4c3sc3ccccc34)c(C)c2)ccc1N(c1ccccc1)c1ccccc1-c1cccc2c1sc1ccccc12. The first-order chi connectivity index (χ1) is 32.6. The normalized spacial score (nSPS) is 11.5. The van der Waals surface area contributed by atoms with Crippen LogP contribution < -0.4 is 9.80 Å². The van der Waals surface area contributed by atoms with Gasteiger partial charge in [-0.25, -0.2) is 0 Å². The molecule has 0 aliphatic carbocycles. The van der Waals surface area contributed by atoms with Crippen molar-refractivity contribution in [1.29, 1.82) is 0 Å². The maximum Gasteiger partial charge on any atom is 0.0540 e. The molecule has 0 aliphatic heterocycles. The van der Waals surface area contributed by atoms with Crippen LogP contribution in [0.3, 0.4) is 0 Å². The van der Waals surface area contributed by atoms with Crippen LogP contribution in [0.2, 0.25) is 0 Å². The molecular formula is C62H44N2S2. The van der Waals surface area contributed by atoms with Crippen LogP contribution in [0.5, 0.6) is 0 Å². The summed E-state index contributed by atoms with van der Waals surface area (Å²) in [6, 6.07) is 84.2. The van der Waals surface area contributed by atoms with Crippen LogP contribution in [0.1, 0.15) is 11.1 Å². The fourth-order valence-corrected chi connectivity index (χ4v) is 12.3. The lowest BCUT2D eigenvalue weighted by molar-refractivity contribution is 1.24. The molecule has 0 saturated heterocycles. The van der Waals surface area contributed by atoms with Crippen molar-refractivity contribution in [2.75, 3.05) is 9.80 Å². The van der Waals surface area contributed by atoms with Gasteiger partial charge in [-0.2, -0.15) is 0 Å². The minimum Gasteiger partial charge on any atom is -0.310 e. The molecule has 0 amide bonds. The lowest BCUT2D eigenvalue weighted by Crippen LogP contribution is -2.13. The number of para-hydroxylation sites is 4. The first-order valence-electron chi connectivity index (χ1n) is 22.5.